The zero-order valence-electron chi connectivity index (χ0n) is 11.2. The Kier molecular flexibility index (Phi) is 5.50. The number of halogens is 1. The van der Waals surface area contributed by atoms with E-state index in [1.54, 1.807) is 11.8 Å². The highest BCUT2D eigenvalue weighted by Gasteiger charge is 2.10. The summed E-state index contributed by atoms with van der Waals surface area (Å²) in [5.41, 5.74) is 1.66. The SMILES string of the molecule is CSc1ccc(C(=O)NCC(Cl)c2ccccc2)cc1. The number of rotatable bonds is 5. The molecule has 1 atom stereocenters. The van der Waals surface area contributed by atoms with Gasteiger partial charge in [-0.15, -0.1) is 23.4 Å². The van der Waals surface area contributed by atoms with Gasteiger partial charge in [-0.3, -0.25) is 4.79 Å². The van der Waals surface area contributed by atoms with Crippen LogP contribution in [0.15, 0.2) is 59.5 Å². The van der Waals surface area contributed by atoms with Gasteiger partial charge in [0.05, 0.1) is 5.38 Å². The Morgan fingerprint density at radius 2 is 1.80 bits per heavy atom. The molecule has 0 aliphatic rings. The van der Waals surface area contributed by atoms with E-state index in [2.05, 4.69) is 5.32 Å². The third-order valence-electron chi connectivity index (χ3n) is 2.96. The van der Waals surface area contributed by atoms with E-state index in [0.29, 0.717) is 12.1 Å². The Balaban J connectivity index is 1.91. The van der Waals surface area contributed by atoms with Crippen LogP contribution in [0.5, 0.6) is 0 Å². The average Bonchev–Trinajstić information content (AvgIpc) is 2.53. The zero-order valence-corrected chi connectivity index (χ0v) is 12.7. The maximum absolute atomic E-state index is 12.0. The largest absolute Gasteiger partial charge is 0.350 e. The van der Waals surface area contributed by atoms with Crippen LogP contribution in [0.4, 0.5) is 0 Å². The van der Waals surface area contributed by atoms with Gasteiger partial charge in [0.15, 0.2) is 0 Å². The van der Waals surface area contributed by atoms with Gasteiger partial charge in [0.2, 0.25) is 0 Å². The predicted molar refractivity (Wildman–Crippen MR) is 85.6 cm³/mol. The van der Waals surface area contributed by atoms with Gasteiger partial charge < -0.3 is 5.32 Å². The number of alkyl halides is 1. The van der Waals surface area contributed by atoms with Crippen LogP contribution in [-0.4, -0.2) is 18.7 Å². The Morgan fingerprint density at radius 1 is 1.15 bits per heavy atom. The fourth-order valence-electron chi connectivity index (χ4n) is 1.81. The average molecular weight is 306 g/mol. The van der Waals surface area contributed by atoms with Crippen LogP contribution in [0, 0.1) is 0 Å². The quantitative estimate of drug-likeness (QED) is 0.665. The van der Waals surface area contributed by atoms with E-state index in [-0.39, 0.29) is 11.3 Å². The van der Waals surface area contributed by atoms with Gasteiger partial charge in [-0.2, -0.15) is 0 Å². The molecule has 2 aromatic carbocycles. The van der Waals surface area contributed by atoms with E-state index < -0.39 is 0 Å². The first kappa shape index (κ1) is 14.9. The number of amides is 1. The van der Waals surface area contributed by atoms with Crippen molar-refractivity contribution in [3.05, 3.63) is 65.7 Å². The molecule has 0 fully saturated rings. The summed E-state index contributed by atoms with van der Waals surface area (Å²) in [6, 6.07) is 17.3. The lowest BCUT2D eigenvalue weighted by Gasteiger charge is -2.11. The highest BCUT2D eigenvalue weighted by Crippen LogP contribution is 2.19. The number of thioether (sulfide) groups is 1. The van der Waals surface area contributed by atoms with Crippen LogP contribution >= 0.6 is 23.4 Å². The molecule has 0 aliphatic heterocycles. The number of nitrogens with one attached hydrogen (secondary N) is 1. The molecule has 0 aliphatic carbocycles. The maximum atomic E-state index is 12.0. The summed E-state index contributed by atoms with van der Waals surface area (Å²) in [5.74, 6) is -0.0979. The highest BCUT2D eigenvalue weighted by molar-refractivity contribution is 7.98. The first-order valence-electron chi connectivity index (χ1n) is 6.32. The van der Waals surface area contributed by atoms with E-state index in [0.717, 1.165) is 10.5 Å². The Hall–Kier alpha value is -1.45. The maximum Gasteiger partial charge on any atom is 0.251 e. The molecule has 0 radical (unpaired) electrons. The van der Waals surface area contributed by atoms with Gasteiger partial charge in [0.25, 0.3) is 5.91 Å². The number of benzene rings is 2. The molecule has 1 amide bonds. The van der Waals surface area contributed by atoms with Crippen LogP contribution in [-0.2, 0) is 0 Å². The van der Waals surface area contributed by atoms with Crippen molar-refractivity contribution in [1.29, 1.82) is 0 Å². The van der Waals surface area contributed by atoms with E-state index >= 15 is 0 Å². The summed E-state index contributed by atoms with van der Waals surface area (Å²) >= 11 is 7.92. The van der Waals surface area contributed by atoms with Crippen molar-refractivity contribution in [2.45, 2.75) is 10.3 Å². The normalized spacial score (nSPS) is 11.9. The van der Waals surface area contributed by atoms with Crippen LogP contribution < -0.4 is 5.32 Å². The van der Waals surface area contributed by atoms with Crippen LogP contribution in [0.2, 0.25) is 0 Å². The molecule has 0 spiro atoms. The van der Waals surface area contributed by atoms with Gasteiger partial charge in [-0.1, -0.05) is 30.3 Å². The molecule has 0 heterocycles. The summed E-state index contributed by atoms with van der Waals surface area (Å²) < 4.78 is 0. The Labute approximate surface area is 128 Å². The lowest BCUT2D eigenvalue weighted by Crippen LogP contribution is -2.26. The second-order valence-corrected chi connectivity index (χ2v) is 5.72. The summed E-state index contributed by atoms with van der Waals surface area (Å²) in [6.07, 6.45) is 2.01. The van der Waals surface area contributed by atoms with Crippen LogP contribution in [0.25, 0.3) is 0 Å². The summed E-state index contributed by atoms with van der Waals surface area (Å²) in [4.78, 5) is 13.1. The molecule has 0 bridgehead atoms. The van der Waals surface area contributed by atoms with Crippen molar-refractivity contribution < 1.29 is 4.79 Å². The Bertz CT molecular complexity index is 556. The molecule has 2 nitrogen and oxygen atoms in total. The number of carbonyl (C=O) groups is 1. The van der Waals surface area contributed by atoms with E-state index in [1.165, 1.54) is 0 Å². The smallest absolute Gasteiger partial charge is 0.251 e. The van der Waals surface area contributed by atoms with Gasteiger partial charge in [-0.05, 0) is 36.1 Å². The summed E-state index contributed by atoms with van der Waals surface area (Å²) in [5, 5.41) is 2.64. The monoisotopic (exact) mass is 305 g/mol. The van der Waals surface area contributed by atoms with Crippen molar-refractivity contribution in [3.8, 4) is 0 Å². The lowest BCUT2D eigenvalue weighted by molar-refractivity contribution is 0.0953. The van der Waals surface area contributed by atoms with E-state index in [1.807, 2.05) is 60.9 Å². The van der Waals surface area contributed by atoms with Crippen LogP contribution in [0.1, 0.15) is 21.3 Å². The molecule has 0 saturated heterocycles. The minimum absolute atomic E-state index is 0.0979. The van der Waals surface area contributed by atoms with Crippen LogP contribution in [0.3, 0.4) is 0 Å². The summed E-state index contributed by atoms with van der Waals surface area (Å²) in [6.45, 7) is 0.411. The molecule has 20 heavy (non-hydrogen) atoms. The van der Waals surface area contributed by atoms with Crippen molar-refractivity contribution in [1.82, 2.24) is 5.32 Å². The molecular weight excluding hydrogens is 290 g/mol. The zero-order chi connectivity index (χ0) is 14.4. The van der Waals surface area contributed by atoms with Gasteiger partial charge in [0, 0.05) is 17.0 Å². The van der Waals surface area contributed by atoms with Gasteiger partial charge in [-0.25, -0.2) is 0 Å². The molecular formula is C16H16ClNOS. The van der Waals surface area contributed by atoms with Crippen molar-refractivity contribution in [3.63, 3.8) is 0 Å². The minimum Gasteiger partial charge on any atom is -0.350 e. The van der Waals surface area contributed by atoms with Gasteiger partial charge >= 0.3 is 0 Å². The number of hydrogen-bond acceptors (Lipinski definition) is 2. The highest BCUT2D eigenvalue weighted by atomic mass is 35.5. The molecule has 104 valence electrons. The molecule has 0 aromatic heterocycles. The first-order valence-corrected chi connectivity index (χ1v) is 7.98. The molecule has 1 N–H and O–H groups in total. The van der Waals surface area contributed by atoms with Gasteiger partial charge in [0.1, 0.15) is 0 Å². The standard InChI is InChI=1S/C16H16ClNOS/c1-20-14-9-7-13(8-10-14)16(19)18-11-15(17)12-5-3-2-4-6-12/h2-10,15H,11H2,1H3,(H,18,19). The molecule has 2 rings (SSSR count). The first-order chi connectivity index (χ1) is 9.70. The topological polar surface area (TPSA) is 29.1 Å². The third-order valence-corrected chi connectivity index (χ3v) is 4.11. The lowest BCUT2D eigenvalue weighted by atomic mass is 10.1. The summed E-state index contributed by atoms with van der Waals surface area (Å²) in [7, 11) is 0. The molecule has 4 heteroatoms. The van der Waals surface area contributed by atoms with Crippen molar-refractivity contribution in [2.75, 3.05) is 12.8 Å². The number of hydrogen-bond donors (Lipinski definition) is 1. The fourth-order valence-corrected chi connectivity index (χ4v) is 2.44. The minimum atomic E-state index is -0.217. The molecule has 1 unspecified atom stereocenters. The van der Waals surface area contributed by atoms with Crippen molar-refractivity contribution >= 4 is 29.3 Å². The van der Waals surface area contributed by atoms with E-state index in [9.17, 15) is 4.79 Å². The second kappa shape index (κ2) is 7.36. The molecule has 0 saturated carbocycles. The second-order valence-electron chi connectivity index (χ2n) is 4.32. The van der Waals surface area contributed by atoms with Crippen molar-refractivity contribution in [2.24, 2.45) is 0 Å². The molecule has 2 aromatic rings. The third kappa shape index (κ3) is 4.02. The Morgan fingerprint density at radius 3 is 2.40 bits per heavy atom. The van der Waals surface area contributed by atoms with E-state index in [4.69, 9.17) is 11.6 Å². The predicted octanol–water partition coefficient (Wildman–Crippen LogP) is 4.12. The number of carbonyl (C=O) groups excluding carboxylic acids is 1. The fraction of sp³-hybridized carbons (Fsp3) is 0.188.